The molecule has 0 aliphatic carbocycles. The first-order valence-corrected chi connectivity index (χ1v) is 5.99. The number of anilines is 1. The number of nitrogens with zero attached hydrogens (tertiary/aromatic N) is 3. The molecule has 18 heavy (non-hydrogen) atoms. The molecule has 6 nitrogen and oxygen atoms in total. The second-order valence-corrected chi connectivity index (χ2v) is 4.19. The van der Waals surface area contributed by atoms with Gasteiger partial charge in [-0.1, -0.05) is 6.58 Å². The fourth-order valence-electron chi connectivity index (χ4n) is 1.05. The summed E-state index contributed by atoms with van der Waals surface area (Å²) in [5, 5.41) is 5.70. The first kappa shape index (κ1) is 14.7. The normalized spacial score (nSPS) is 9.94. The average Bonchev–Trinajstić information content (AvgIpc) is 2.26. The van der Waals surface area contributed by atoms with Crippen molar-refractivity contribution in [3.05, 3.63) is 22.7 Å². The largest absolute Gasteiger partial charge is 0.354 e. The minimum atomic E-state index is -0.152. The molecule has 8 heteroatoms. The van der Waals surface area contributed by atoms with Gasteiger partial charge in [-0.05, 0) is 36.5 Å². The number of halogens is 2. The van der Waals surface area contributed by atoms with E-state index in [1.54, 1.807) is 6.92 Å². The summed E-state index contributed by atoms with van der Waals surface area (Å²) in [6.07, 6.45) is 0.708. The highest BCUT2D eigenvalue weighted by Gasteiger charge is 2.03. The van der Waals surface area contributed by atoms with Crippen molar-refractivity contribution in [2.75, 3.05) is 18.4 Å². The van der Waals surface area contributed by atoms with Crippen LogP contribution in [0.5, 0.6) is 0 Å². The third-order valence-corrected chi connectivity index (χ3v) is 2.23. The molecule has 0 saturated carbocycles. The van der Waals surface area contributed by atoms with Gasteiger partial charge in [0.15, 0.2) is 0 Å². The van der Waals surface area contributed by atoms with Gasteiger partial charge >= 0.3 is 0 Å². The second kappa shape index (κ2) is 7.13. The Morgan fingerprint density at radius 1 is 1.22 bits per heavy atom. The molecular weight excluding hydrogens is 277 g/mol. The van der Waals surface area contributed by atoms with Crippen LogP contribution in [0.1, 0.15) is 13.3 Å². The SMILES string of the molecule is C=C(C)C(=O)NCCCNc1nc(Cl)nc(Cl)n1. The van der Waals surface area contributed by atoms with Crippen molar-refractivity contribution in [3.8, 4) is 0 Å². The predicted octanol–water partition coefficient (Wildman–Crippen LogP) is 1.67. The smallest absolute Gasteiger partial charge is 0.246 e. The van der Waals surface area contributed by atoms with Gasteiger partial charge in [-0.2, -0.15) is 15.0 Å². The van der Waals surface area contributed by atoms with Crippen LogP contribution in [0.2, 0.25) is 10.6 Å². The summed E-state index contributed by atoms with van der Waals surface area (Å²) in [7, 11) is 0. The zero-order chi connectivity index (χ0) is 13.5. The van der Waals surface area contributed by atoms with Gasteiger partial charge in [-0.15, -0.1) is 0 Å². The summed E-state index contributed by atoms with van der Waals surface area (Å²) in [6.45, 7) is 6.30. The van der Waals surface area contributed by atoms with E-state index in [2.05, 4.69) is 32.2 Å². The number of amides is 1. The van der Waals surface area contributed by atoms with Gasteiger partial charge < -0.3 is 10.6 Å². The quantitative estimate of drug-likeness (QED) is 0.615. The zero-order valence-electron chi connectivity index (χ0n) is 9.83. The maximum absolute atomic E-state index is 11.2. The average molecular weight is 290 g/mol. The van der Waals surface area contributed by atoms with Crippen molar-refractivity contribution in [1.82, 2.24) is 20.3 Å². The molecule has 1 amide bonds. The lowest BCUT2D eigenvalue weighted by Crippen LogP contribution is -2.26. The molecule has 1 aromatic heterocycles. The molecule has 1 heterocycles. The molecule has 1 rings (SSSR count). The molecule has 0 radical (unpaired) electrons. The Kier molecular flexibility index (Phi) is 5.80. The number of hydrogen-bond donors (Lipinski definition) is 2. The molecule has 1 aromatic rings. The van der Waals surface area contributed by atoms with Gasteiger partial charge in [0, 0.05) is 18.7 Å². The third-order valence-electron chi connectivity index (χ3n) is 1.89. The van der Waals surface area contributed by atoms with Crippen molar-refractivity contribution < 1.29 is 4.79 Å². The minimum Gasteiger partial charge on any atom is -0.354 e. The molecule has 98 valence electrons. The highest BCUT2D eigenvalue weighted by Crippen LogP contribution is 2.09. The van der Waals surface area contributed by atoms with Crippen LogP contribution in [-0.4, -0.2) is 33.9 Å². The van der Waals surface area contributed by atoms with Crippen molar-refractivity contribution in [2.24, 2.45) is 0 Å². The number of nitrogens with one attached hydrogen (secondary N) is 2. The van der Waals surface area contributed by atoms with Crippen LogP contribution in [0.3, 0.4) is 0 Å². The van der Waals surface area contributed by atoms with Gasteiger partial charge in [0.2, 0.25) is 22.4 Å². The third kappa shape index (κ3) is 5.29. The maximum atomic E-state index is 11.2. The van der Waals surface area contributed by atoms with Crippen molar-refractivity contribution in [3.63, 3.8) is 0 Å². The van der Waals surface area contributed by atoms with Gasteiger partial charge in [0.25, 0.3) is 0 Å². The first-order valence-electron chi connectivity index (χ1n) is 5.23. The summed E-state index contributed by atoms with van der Waals surface area (Å²) >= 11 is 11.2. The number of carbonyl (C=O) groups is 1. The zero-order valence-corrected chi connectivity index (χ0v) is 11.3. The molecule has 0 spiro atoms. The van der Waals surface area contributed by atoms with Gasteiger partial charge in [-0.25, -0.2) is 0 Å². The molecule has 0 fully saturated rings. The van der Waals surface area contributed by atoms with E-state index in [9.17, 15) is 4.79 Å². The second-order valence-electron chi connectivity index (χ2n) is 3.51. The number of rotatable bonds is 6. The van der Waals surface area contributed by atoms with E-state index in [1.165, 1.54) is 0 Å². The van der Waals surface area contributed by atoms with Crippen LogP contribution < -0.4 is 10.6 Å². The molecule has 0 unspecified atom stereocenters. The summed E-state index contributed by atoms with van der Waals surface area (Å²) < 4.78 is 0. The summed E-state index contributed by atoms with van der Waals surface area (Å²) in [6, 6.07) is 0. The van der Waals surface area contributed by atoms with E-state index < -0.39 is 0 Å². The Hall–Kier alpha value is -1.40. The standard InChI is InChI=1S/C10H13Cl2N5O/c1-6(2)7(18)13-4-3-5-14-10-16-8(11)15-9(12)17-10/h1,3-5H2,2H3,(H,13,18)(H,14,15,16,17). The van der Waals surface area contributed by atoms with Crippen molar-refractivity contribution >= 4 is 35.1 Å². The van der Waals surface area contributed by atoms with Gasteiger partial charge in [0.05, 0.1) is 0 Å². The molecule has 0 aliphatic rings. The van der Waals surface area contributed by atoms with E-state index in [1.807, 2.05) is 0 Å². The summed E-state index contributed by atoms with van der Waals surface area (Å²) in [4.78, 5) is 22.5. The summed E-state index contributed by atoms with van der Waals surface area (Å²) in [5.41, 5.74) is 0.485. The van der Waals surface area contributed by atoms with Crippen LogP contribution in [0.15, 0.2) is 12.2 Å². The Bertz CT molecular complexity index is 432. The van der Waals surface area contributed by atoms with Crippen LogP contribution in [0, 0.1) is 0 Å². The van der Waals surface area contributed by atoms with Gasteiger partial charge in [0.1, 0.15) is 0 Å². The van der Waals surface area contributed by atoms with Gasteiger partial charge in [-0.3, -0.25) is 4.79 Å². The van der Waals surface area contributed by atoms with Crippen LogP contribution in [0.25, 0.3) is 0 Å². The maximum Gasteiger partial charge on any atom is 0.246 e. The Morgan fingerprint density at radius 2 is 1.83 bits per heavy atom. The molecule has 0 saturated heterocycles. The fraction of sp³-hybridized carbons (Fsp3) is 0.400. The molecule has 0 aromatic carbocycles. The Labute approximate surface area is 115 Å². The minimum absolute atomic E-state index is 0.0353. The van der Waals surface area contributed by atoms with E-state index >= 15 is 0 Å². The Morgan fingerprint density at radius 3 is 2.39 bits per heavy atom. The number of hydrogen-bond acceptors (Lipinski definition) is 5. The predicted molar refractivity (Wildman–Crippen MR) is 70.8 cm³/mol. The lowest BCUT2D eigenvalue weighted by atomic mass is 10.3. The van der Waals surface area contributed by atoms with E-state index in [-0.39, 0.29) is 16.5 Å². The molecule has 0 bridgehead atoms. The highest BCUT2D eigenvalue weighted by molar-refractivity contribution is 6.31. The van der Waals surface area contributed by atoms with Crippen LogP contribution >= 0.6 is 23.2 Å². The lowest BCUT2D eigenvalue weighted by molar-refractivity contribution is -0.117. The summed E-state index contributed by atoms with van der Waals surface area (Å²) in [5.74, 6) is 0.160. The monoisotopic (exact) mass is 289 g/mol. The molecule has 0 aliphatic heterocycles. The molecular formula is C10H13Cl2N5O. The van der Waals surface area contributed by atoms with Crippen LogP contribution in [-0.2, 0) is 4.79 Å². The topological polar surface area (TPSA) is 79.8 Å². The first-order chi connectivity index (χ1) is 8.49. The van der Waals surface area contributed by atoms with Crippen LogP contribution in [0.4, 0.5) is 5.95 Å². The molecule has 0 atom stereocenters. The molecule has 2 N–H and O–H groups in total. The van der Waals surface area contributed by atoms with E-state index in [4.69, 9.17) is 23.2 Å². The van der Waals surface area contributed by atoms with Crippen molar-refractivity contribution in [2.45, 2.75) is 13.3 Å². The number of carbonyl (C=O) groups excluding carboxylic acids is 1. The van der Waals surface area contributed by atoms with Crippen molar-refractivity contribution in [1.29, 1.82) is 0 Å². The number of aromatic nitrogens is 3. The van der Waals surface area contributed by atoms with E-state index in [0.717, 1.165) is 0 Å². The Balaban J connectivity index is 2.26. The highest BCUT2D eigenvalue weighted by atomic mass is 35.5. The fourth-order valence-corrected chi connectivity index (χ4v) is 1.41. The lowest BCUT2D eigenvalue weighted by Gasteiger charge is -2.06. The van der Waals surface area contributed by atoms with E-state index in [0.29, 0.717) is 31.0 Å².